The summed E-state index contributed by atoms with van der Waals surface area (Å²) in [7, 11) is 0. The van der Waals surface area contributed by atoms with Crippen molar-refractivity contribution in [3.63, 3.8) is 0 Å². The first-order valence-corrected chi connectivity index (χ1v) is 9.32. The highest BCUT2D eigenvalue weighted by Gasteiger charge is 2.38. The van der Waals surface area contributed by atoms with Gasteiger partial charge in [-0.05, 0) is 43.6 Å². The van der Waals surface area contributed by atoms with Crippen LogP contribution in [0.2, 0.25) is 0 Å². The third kappa shape index (κ3) is 4.50. The minimum atomic E-state index is -4.41. The van der Waals surface area contributed by atoms with E-state index in [4.69, 9.17) is 10.3 Å². The van der Waals surface area contributed by atoms with Crippen LogP contribution in [0.5, 0.6) is 0 Å². The molecule has 5 nitrogen and oxygen atoms in total. The van der Waals surface area contributed by atoms with E-state index in [1.165, 1.54) is 6.07 Å². The number of alkyl halides is 3. The fraction of sp³-hybridized carbons (Fsp3) is 0.579. The number of nitrogens with zero attached hydrogens (tertiary/aromatic N) is 3. The molecule has 0 amide bonds. The summed E-state index contributed by atoms with van der Waals surface area (Å²) in [6.07, 6.45) is -0.827. The molecule has 1 unspecified atom stereocenters. The first kappa shape index (κ1) is 22.6. The second-order valence-electron chi connectivity index (χ2n) is 7.07. The van der Waals surface area contributed by atoms with Crippen LogP contribution >= 0.6 is 12.4 Å². The van der Waals surface area contributed by atoms with Gasteiger partial charge in [-0.1, -0.05) is 44.0 Å². The molecule has 156 valence electrons. The Hall–Kier alpha value is -1.64. The predicted molar refractivity (Wildman–Crippen MR) is 102 cm³/mol. The maximum atomic E-state index is 13.2. The summed E-state index contributed by atoms with van der Waals surface area (Å²) < 4.78 is 45.0. The number of halogens is 4. The highest BCUT2D eigenvalue weighted by molar-refractivity contribution is 5.85. The lowest BCUT2D eigenvalue weighted by Crippen LogP contribution is -2.35. The van der Waals surface area contributed by atoms with E-state index < -0.39 is 23.3 Å². The molecular weight excluding hydrogens is 393 g/mol. The molecule has 1 atom stereocenters. The van der Waals surface area contributed by atoms with Crippen LogP contribution in [0.3, 0.4) is 0 Å². The smallest absolute Gasteiger partial charge is 0.337 e. The average Bonchev–Trinajstić information content (AvgIpc) is 3.29. The molecule has 0 bridgehead atoms. The van der Waals surface area contributed by atoms with Crippen molar-refractivity contribution in [2.45, 2.75) is 57.3 Å². The van der Waals surface area contributed by atoms with Crippen molar-refractivity contribution in [2.75, 3.05) is 13.1 Å². The van der Waals surface area contributed by atoms with Crippen molar-refractivity contribution < 1.29 is 17.7 Å². The predicted octanol–water partition coefficient (Wildman–Crippen LogP) is 4.67. The Labute approximate surface area is 168 Å². The van der Waals surface area contributed by atoms with Crippen molar-refractivity contribution >= 4 is 12.4 Å². The Balaban J connectivity index is 0.00000280. The van der Waals surface area contributed by atoms with Gasteiger partial charge in [0.15, 0.2) is 5.82 Å². The Morgan fingerprint density at radius 3 is 2.43 bits per heavy atom. The van der Waals surface area contributed by atoms with Crippen LogP contribution in [0, 0.1) is 0 Å². The molecule has 0 spiro atoms. The van der Waals surface area contributed by atoms with Gasteiger partial charge in [0, 0.05) is 0 Å². The van der Waals surface area contributed by atoms with Gasteiger partial charge in [-0.15, -0.1) is 12.4 Å². The van der Waals surface area contributed by atoms with Crippen LogP contribution in [0.4, 0.5) is 13.2 Å². The van der Waals surface area contributed by atoms with Gasteiger partial charge in [-0.2, -0.15) is 18.2 Å². The second kappa shape index (κ2) is 8.80. The van der Waals surface area contributed by atoms with Crippen molar-refractivity contribution in [1.82, 2.24) is 15.0 Å². The molecule has 1 aromatic carbocycles. The molecule has 0 saturated heterocycles. The number of benzene rings is 1. The summed E-state index contributed by atoms with van der Waals surface area (Å²) in [6.45, 7) is 5.15. The van der Waals surface area contributed by atoms with Crippen LogP contribution < -0.4 is 5.73 Å². The Kier molecular flexibility index (Phi) is 7.12. The highest BCUT2D eigenvalue weighted by atomic mass is 35.5. The lowest BCUT2D eigenvalue weighted by atomic mass is 9.98. The summed E-state index contributed by atoms with van der Waals surface area (Å²) >= 11 is 0. The van der Waals surface area contributed by atoms with Crippen molar-refractivity contribution in [3.05, 3.63) is 47.1 Å². The monoisotopic (exact) mass is 418 g/mol. The molecule has 0 aliphatic heterocycles. The summed E-state index contributed by atoms with van der Waals surface area (Å²) in [5.74, 6) is 0.726. The van der Waals surface area contributed by atoms with E-state index in [0.717, 1.165) is 37.8 Å². The van der Waals surface area contributed by atoms with Gasteiger partial charge in [0.05, 0.1) is 11.1 Å². The third-order valence-electron chi connectivity index (χ3n) is 5.32. The first-order chi connectivity index (χ1) is 12.8. The van der Waals surface area contributed by atoms with Gasteiger partial charge < -0.3 is 10.3 Å². The van der Waals surface area contributed by atoms with Crippen LogP contribution in [0.25, 0.3) is 0 Å². The van der Waals surface area contributed by atoms with E-state index in [-0.39, 0.29) is 18.3 Å². The fourth-order valence-electron chi connectivity index (χ4n) is 3.76. The summed E-state index contributed by atoms with van der Waals surface area (Å²) in [5.41, 5.74) is 5.58. The minimum Gasteiger partial charge on any atom is -0.337 e. The number of hydrogen-bond acceptors (Lipinski definition) is 5. The number of nitrogens with two attached hydrogens (primary N) is 1. The molecule has 1 fully saturated rings. The highest BCUT2D eigenvalue weighted by Crippen LogP contribution is 2.37. The molecule has 2 N–H and O–H groups in total. The zero-order valence-corrected chi connectivity index (χ0v) is 16.8. The molecule has 9 heteroatoms. The van der Waals surface area contributed by atoms with Gasteiger partial charge >= 0.3 is 6.18 Å². The van der Waals surface area contributed by atoms with Crippen molar-refractivity contribution in [1.29, 1.82) is 0 Å². The van der Waals surface area contributed by atoms with Gasteiger partial charge in [0.2, 0.25) is 5.89 Å². The molecule has 1 aliphatic carbocycles. The van der Waals surface area contributed by atoms with Gasteiger partial charge in [-0.25, -0.2) is 0 Å². The zero-order chi connectivity index (χ0) is 19.7. The van der Waals surface area contributed by atoms with Gasteiger partial charge in [-0.3, -0.25) is 4.90 Å². The van der Waals surface area contributed by atoms with Crippen LogP contribution in [-0.2, 0) is 11.7 Å². The number of aromatic nitrogens is 2. The van der Waals surface area contributed by atoms with Crippen molar-refractivity contribution in [3.8, 4) is 0 Å². The summed E-state index contributed by atoms with van der Waals surface area (Å²) in [4.78, 5) is 6.51. The molecule has 0 radical (unpaired) electrons. The lowest BCUT2D eigenvalue weighted by molar-refractivity contribution is -0.137. The topological polar surface area (TPSA) is 68.2 Å². The zero-order valence-electron chi connectivity index (χ0n) is 16.0. The van der Waals surface area contributed by atoms with E-state index in [2.05, 4.69) is 10.1 Å². The van der Waals surface area contributed by atoms with Gasteiger partial charge in [0.25, 0.3) is 0 Å². The Morgan fingerprint density at radius 2 is 1.86 bits per heavy atom. The molecule has 1 aromatic heterocycles. The molecule has 3 rings (SSSR count). The van der Waals surface area contributed by atoms with Gasteiger partial charge in [0.1, 0.15) is 6.04 Å². The SMILES string of the molecule is CCN(CC)C(c1cccc(C(F)(F)F)c1)c1nc(C2(N)CCCC2)no1.Cl. The maximum absolute atomic E-state index is 13.2. The van der Waals surface area contributed by atoms with Crippen molar-refractivity contribution in [2.24, 2.45) is 5.73 Å². The molecule has 28 heavy (non-hydrogen) atoms. The van der Waals surface area contributed by atoms with Crippen LogP contribution in [-0.4, -0.2) is 28.1 Å². The molecule has 1 saturated carbocycles. The van der Waals surface area contributed by atoms with E-state index in [0.29, 0.717) is 24.5 Å². The lowest BCUT2D eigenvalue weighted by Gasteiger charge is -2.27. The second-order valence-corrected chi connectivity index (χ2v) is 7.07. The third-order valence-corrected chi connectivity index (χ3v) is 5.32. The van der Waals surface area contributed by atoms with Crippen LogP contribution in [0.1, 0.15) is 68.4 Å². The molecule has 1 aliphatic rings. The molecular formula is C19H26ClF3N4O. The summed E-state index contributed by atoms with van der Waals surface area (Å²) in [6, 6.07) is 4.74. The quantitative estimate of drug-likeness (QED) is 0.738. The largest absolute Gasteiger partial charge is 0.416 e. The average molecular weight is 419 g/mol. The van der Waals surface area contributed by atoms with Crippen LogP contribution in [0.15, 0.2) is 28.8 Å². The van der Waals surface area contributed by atoms with E-state index in [1.54, 1.807) is 6.07 Å². The normalized spacial score (nSPS) is 17.5. The number of hydrogen-bond donors (Lipinski definition) is 1. The maximum Gasteiger partial charge on any atom is 0.416 e. The minimum absolute atomic E-state index is 0. The Bertz CT molecular complexity index is 771. The van der Waals surface area contributed by atoms with E-state index in [9.17, 15) is 13.2 Å². The van der Waals surface area contributed by atoms with E-state index in [1.807, 2.05) is 18.7 Å². The first-order valence-electron chi connectivity index (χ1n) is 9.32. The standard InChI is InChI=1S/C19H25F3N4O.ClH/c1-3-26(4-2)15(13-8-7-9-14(12-13)19(20,21)22)16-24-17(25-27-16)18(23)10-5-6-11-18;/h7-9,12,15H,3-6,10-11,23H2,1-2H3;1H. The summed E-state index contributed by atoms with van der Waals surface area (Å²) in [5, 5.41) is 4.08. The fourth-order valence-corrected chi connectivity index (χ4v) is 3.76. The Morgan fingerprint density at radius 1 is 1.21 bits per heavy atom. The number of rotatable bonds is 6. The molecule has 2 aromatic rings. The van der Waals surface area contributed by atoms with E-state index >= 15 is 0 Å². The molecule has 1 heterocycles.